The standard InChI is InChI=1S/C22H21NO4/c1-14(2)13-26-20-17(6-5-7-19(20)25-4)12-18-22(24)27-21(23-18)16-10-8-15(3)9-11-16/h5-12H,1,13H2,2-4H3/b18-12-. The number of carbonyl (C=O) groups excluding carboxylic acids is 1. The smallest absolute Gasteiger partial charge is 0.363 e. The molecule has 2 aromatic carbocycles. The van der Waals surface area contributed by atoms with Gasteiger partial charge in [0.2, 0.25) is 5.90 Å². The van der Waals surface area contributed by atoms with E-state index < -0.39 is 5.97 Å². The van der Waals surface area contributed by atoms with Gasteiger partial charge in [-0.3, -0.25) is 0 Å². The first-order chi connectivity index (χ1) is 13.0. The molecule has 1 aliphatic heterocycles. The van der Waals surface area contributed by atoms with E-state index in [9.17, 15) is 4.79 Å². The molecule has 0 radical (unpaired) electrons. The molecule has 27 heavy (non-hydrogen) atoms. The molecule has 1 heterocycles. The predicted octanol–water partition coefficient (Wildman–Crippen LogP) is 4.30. The Balaban J connectivity index is 1.97. The molecule has 0 unspecified atom stereocenters. The third kappa shape index (κ3) is 4.26. The van der Waals surface area contributed by atoms with Gasteiger partial charge in [0.1, 0.15) is 6.61 Å². The lowest BCUT2D eigenvalue weighted by molar-refractivity contribution is -0.129. The maximum atomic E-state index is 12.3. The van der Waals surface area contributed by atoms with Crippen molar-refractivity contribution in [2.45, 2.75) is 13.8 Å². The molecular weight excluding hydrogens is 342 g/mol. The Kier molecular flexibility index (Phi) is 5.41. The quantitative estimate of drug-likeness (QED) is 0.436. The van der Waals surface area contributed by atoms with Crippen LogP contribution in [0.4, 0.5) is 0 Å². The molecule has 138 valence electrons. The van der Waals surface area contributed by atoms with Crippen LogP contribution in [0.15, 0.2) is 65.3 Å². The van der Waals surface area contributed by atoms with Crippen LogP contribution in [-0.2, 0) is 9.53 Å². The van der Waals surface area contributed by atoms with Gasteiger partial charge in [-0.2, -0.15) is 0 Å². The highest BCUT2D eigenvalue weighted by Crippen LogP contribution is 2.33. The van der Waals surface area contributed by atoms with Gasteiger partial charge >= 0.3 is 5.97 Å². The van der Waals surface area contributed by atoms with Crippen LogP contribution in [0.3, 0.4) is 0 Å². The van der Waals surface area contributed by atoms with Gasteiger partial charge < -0.3 is 14.2 Å². The summed E-state index contributed by atoms with van der Waals surface area (Å²) in [7, 11) is 1.57. The summed E-state index contributed by atoms with van der Waals surface area (Å²) in [6.45, 7) is 8.06. The average Bonchev–Trinajstić information content (AvgIpc) is 3.01. The molecule has 0 spiro atoms. The van der Waals surface area contributed by atoms with Crippen molar-refractivity contribution in [2.75, 3.05) is 13.7 Å². The minimum Gasteiger partial charge on any atom is -0.493 e. The van der Waals surface area contributed by atoms with Crippen LogP contribution < -0.4 is 9.47 Å². The fourth-order valence-electron chi connectivity index (χ4n) is 2.53. The summed E-state index contributed by atoms with van der Waals surface area (Å²) in [4.78, 5) is 16.6. The van der Waals surface area contributed by atoms with Crippen molar-refractivity contribution >= 4 is 17.9 Å². The van der Waals surface area contributed by atoms with Crippen molar-refractivity contribution in [1.29, 1.82) is 0 Å². The van der Waals surface area contributed by atoms with E-state index in [0.717, 1.165) is 16.7 Å². The number of carbonyl (C=O) groups is 1. The fourth-order valence-corrected chi connectivity index (χ4v) is 2.53. The predicted molar refractivity (Wildman–Crippen MR) is 105 cm³/mol. The topological polar surface area (TPSA) is 57.1 Å². The Labute approximate surface area is 158 Å². The van der Waals surface area contributed by atoms with Crippen LogP contribution in [0.1, 0.15) is 23.6 Å². The number of aryl methyl sites for hydroxylation is 1. The normalized spacial score (nSPS) is 14.7. The molecule has 0 aromatic heterocycles. The second-order valence-corrected chi connectivity index (χ2v) is 6.33. The number of hydrogen-bond acceptors (Lipinski definition) is 5. The molecule has 2 aromatic rings. The molecule has 0 saturated heterocycles. The molecule has 0 amide bonds. The van der Waals surface area contributed by atoms with Crippen molar-refractivity contribution in [3.8, 4) is 11.5 Å². The molecule has 0 saturated carbocycles. The summed E-state index contributed by atoms with van der Waals surface area (Å²) in [5.41, 5.74) is 3.63. The zero-order valence-corrected chi connectivity index (χ0v) is 15.6. The zero-order valence-electron chi connectivity index (χ0n) is 15.6. The fraction of sp³-hybridized carbons (Fsp3) is 0.182. The lowest BCUT2D eigenvalue weighted by Gasteiger charge is -2.13. The van der Waals surface area contributed by atoms with Crippen LogP contribution in [0, 0.1) is 6.92 Å². The molecule has 0 atom stereocenters. The first-order valence-corrected chi connectivity index (χ1v) is 8.51. The Morgan fingerprint density at radius 1 is 1.22 bits per heavy atom. The third-order valence-electron chi connectivity index (χ3n) is 3.90. The third-order valence-corrected chi connectivity index (χ3v) is 3.90. The van der Waals surface area contributed by atoms with E-state index in [1.165, 1.54) is 0 Å². The van der Waals surface area contributed by atoms with E-state index in [0.29, 0.717) is 29.6 Å². The summed E-state index contributed by atoms with van der Waals surface area (Å²) < 4.78 is 16.5. The highest BCUT2D eigenvalue weighted by Gasteiger charge is 2.25. The minimum atomic E-state index is -0.501. The van der Waals surface area contributed by atoms with Crippen molar-refractivity contribution in [1.82, 2.24) is 0 Å². The lowest BCUT2D eigenvalue weighted by atomic mass is 10.1. The Morgan fingerprint density at radius 2 is 1.96 bits per heavy atom. The van der Waals surface area contributed by atoms with Crippen molar-refractivity contribution in [3.05, 3.63) is 77.0 Å². The number of aliphatic imine (C=N–C) groups is 1. The van der Waals surface area contributed by atoms with E-state index in [-0.39, 0.29) is 5.70 Å². The second-order valence-electron chi connectivity index (χ2n) is 6.33. The van der Waals surface area contributed by atoms with Gasteiger partial charge in [-0.25, -0.2) is 9.79 Å². The number of cyclic esters (lactones) is 1. The van der Waals surface area contributed by atoms with E-state index >= 15 is 0 Å². The van der Waals surface area contributed by atoms with Crippen LogP contribution in [-0.4, -0.2) is 25.6 Å². The lowest BCUT2D eigenvalue weighted by Crippen LogP contribution is -2.05. The van der Waals surface area contributed by atoms with E-state index in [4.69, 9.17) is 14.2 Å². The van der Waals surface area contributed by atoms with Gasteiger partial charge in [-0.05, 0) is 43.7 Å². The number of para-hydroxylation sites is 1. The molecule has 0 N–H and O–H groups in total. The second kappa shape index (κ2) is 7.91. The number of benzene rings is 2. The van der Waals surface area contributed by atoms with Crippen molar-refractivity contribution in [2.24, 2.45) is 4.99 Å². The monoisotopic (exact) mass is 363 g/mol. The molecule has 0 fully saturated rings. The molecule has 3 rings (SSSR count). The van der Waals surface area contributed by atoms with Crippen molar-refractivity contribution < 1.29 is 19.0 Å². The van der Waals surface area contributed by atoms with Crippen LogP contribution in [0.5, 0.6) is 11.5 Å². The molecule has 1 aliphatic rings. The molecule has 5 heteroatoms. The SMILES string of the molecule is C=C(C)COc1c(/C=C2\N=C(c3ccc(C)cc3)OC2=O)cccc1OC. The van der Waals surface area contributed by atoms with Crippen molar-refractivity contribution in [3.63, 3.8) is 0 Å². The van der Waals surface area contributed by atoms with Gasteiger partial charge in [-0.15, -0.1) is 0 Å². The highest BCUT2D eigenvalue weighted by molar-refractivity contribution is 6.13. The summed E-state index contributed by atoms with van der Waals surface area (Å²) >= 11 is 0. The first-order valence-electron chi connectivity index (χ1n) is 8.51. The summed E-state index contributed by atoms with van der Waals surface area (Å²) in [6.07, 6.45) is 1.64. The highest BCUT2D eigenvalue weighted by atomic mass is 16.6. The summed E-state index contributed by atoms with van der Waals surface area (Å²) in [5.74, 6) is 0.889. The summed E-state index contributed by atoms with van der Waals surface area (Å²) in [6, 6.07) is 13.1. The maximum Gasteiger partial charge on any atom is 0.363 e. The Bertz CT molecular complexity index is 939. The molecule has 0 aliphatic carbocycles. The van der Waals surface area contributed by atoms with Gasteiger partial charge in [0, 0.05) is 11.1 Å². The summed E-state index contributed by atoms with van der Waals surface area (Å²) in [5, 5.41) is 0. The Hall–Kier alpha value is -3.34. The van der Waals surface area contributed by atoms with Gasteiger partial charge in [0.25, 0.3) is 0 Å². The molecule has 0 bridgehead atoms. The van der Waals surface area contributed by atoms with Gasteiger partial charge in [0.15, 0.2) is 17.2 Å². The maximum absolute atomic E-state index is 12.3. The number of nitrogens with zero attached hydrogens (tertiary/aromatic N) is 1. The average molecular weight is 363 g/mol. The minimum absolute atomic E-state index is 0.207. The number of esters is 1. The molecular formula is C22H21NO4. The Morgan fingerprint density at radius 3 is 2.63 bits per heavy atom. The van der Waals surface area contributed by atoms with Gasteiger partial charge in [-0.1, -0.05) is 36.4 Å². The number of methoxy groups -OCH3 is 1. The zero-order chi connectivity index (χ0) is 19.4. The van der Waals surface area contributed by atoms with Gasteiger partial charge in [0.05, 0.1) is 7.11 Å². The van der Waals surface area contributed by atoms with E-state index in [1.54, 1.807) is 19.3 Å². The van der Waals surface area contributed by atoms with Crippen LogP contribution in [0.2, 0.25) is 0 Å². The van der Waals surface area contributed by atoms with Crippen LogP contribution >= 0.6 is 0 Å². The van der Waals surface area contributed by atoms with Crippen LogP contribution in [0.25, 0.3) is 6.08 Å². The van der Waals surface area contributed by atoms with E-state index in [1.807, 2.05) is 50.2 Å². The van der Waals surface area contributed by atoms with E-state index in [2.05, 4.69) is 11.6 Å². The number of ether oxygens (including phenoxy) is 3. The number of rotatable bonds is 6. The largest absolute Gasteiger partial charge is 0.493 e. The molecule has 5 nitrogen and oxygen atoms in total. The number of hydrogen-bond donors (Lipinski definition) is 0. The first kappa shape index (κ1) is 18.5.